The van der Waals surface area contributed by atoms with Crippen molar-refractivity contribution in [2.45, 2.75) is 59.7 Å². The first-order chi connectivity index (χ1) is 9.86. The summed E-state index contributed by atoms with van der Waals surface area (Å²) in [4.78, 5) is 8.55. The molecule has 1 aromatic heterocycles. The minimum absolute atomic E-state index is 0. The van der Waals surface area contributed by atoms with Crippen molar-refractivity contribution in [1.29, 1.82) is 0 Å². The second-order valence-electron chi connectivity index (χ2n) is 6.06. The van der Waals surface area contributed by atoms with Gasteiger partial charge < -0.3 is 15.8 Å². The molecule has 1 heterocycles. The fraction of sp³-hybridized carbons (Fsp3) is 0.625. The number of ether oxygens (including phenoxy) is 1. The van der Waals surface area contributed by atoms with Crippen LogP contribution in [0.25, 0.3) is 0 Å². The van der Waals surface area contributed by atoms with Gasteiger partial charge in [0.05, 0.1) is 12.6 Å². The van der Waals surface area contributed by atoms with Crippen LogP contribution in [-0.4, -0.2) is 23.1 Å². The molecule has 0 saturated heterocycles. The van der Waals surface area contributed by atoms with Crippen LogP contribution in [-0.2, 0) is 6.54 Å². The van der Waals surface area contributed by atoms with Gasteiger partial charge in [-0.1, -0.05) is 13.8 Å². The fourth-order valence-electron chi connectivity index (χ4n) is 2.05. The second kappa shape index (κ2) is 10.6. The van der Waals surface area contributed by atoms with Gasteiger partial charge in [0.2, 0.25) is 5.88 Å². The number of rotatable bonds is 7. The van der Waals surface area contributed by atoms with Gasteiger partial charge in [-0.2, -0.15) is 0 Å². The highest BCUT2D eigenvalue weighted by Gasteiger charge is 2.08. The molecule has 1 unspecified atom stereocenters. The maximum absolute atomic E-state index is 5.83. The number of nitrogens with one attached hydrogen (secondary N) is 1. The van der Waals surface area contributed by atoms with Crippen molar-refractivity contribution in [3.63, 3.8) is 0 Å². The molecule has 0 aromatic carbocycles. The summed E-state index contributed by atoms with van der Waals surface area (Å²) in [6.07, 6.45) is 2.91. The Hall–Kier alpha value is -1.05. The van der Waals surface area contributed by atoms with Crippen molar-refractivity contribution >= 4 is 29.9 Å². The molecule has 22 heavy (non-hydrogen) atoms. The molecule has 1 aromatic rings. The molecule has 0 aliphatic carbocycles. The zero-order valence-corrected chi connectivity index (χ0v) is 16.5. The van der Waals surface area contributed by atoms with E-state index in [4.69, 9.17) is 10.5 Å². The van der Waals surface area contributed by atoms with Crippen LogP contribution in [0.15, 0.2) is 23.3 Å². The first-order valence-electron chi connectivity index (χ1n) is 7.54. The standard InChI is InChI=1S/C16H28N4O.HI/c1-11(2)8-13(5)21-15-9-14(6-7-18-15)10-19-16(17)20-12(3)4;/h6-7,9,11-13H,8,10H2,1-5H3,(H3,17,19,20);1H. The Labute approximate surface area is 151 Å². The van der Waals surface area contributed by atoms with Gasteiger partial charge in [0.1, 0.15) is 0 Å². The highest BCUT2D eigenvalue weighted by molar-refractivity contribution is 14.0. The van der Waals surface area contributed by atoms with Gasteiger partial charge in [0, 0.05) is 18.3 Å². The van der Waals surface area contributed by atoms with Gasteiger partial charge in [-0.25, -0.2) is 9.98 Å². The first-order valence-corrected chi connectivity index (χ1v) is 7.54. The number of halogens is 1. The van der Waals surface area contributed by atoms with Crippen molar-refractivity contribution in [2.24, 2.45) is 16.6 Å². The van der Waals surface area contributed by atoms with E-state index in [2.05, 4.69) is 36.1 Å². The minimum Gasteiger partial charge on any atom is -0.475 e. The monoisotopic (exact) mass is 420 g/mol. The van der Waals surface area contributed by atoms with Gasteiger partial charge in [-0.05, 0) is 44.7 Å². The van der Waals surface area contributed by atoms with E-state index in [0.717, 1.165) is 12.0 Å². The minimum atomic E-state index is 0. The summed E-state index contributed by atoms with van der Waals surface area (Å²) in [5, 5.41) is 3.06. The molecule has 3 N–H and O–H groups in total. The fourth-order valence-corrected chi connectivity index (χ4v) is 2.05. The van der Waals surface area contributed by atoms with Crippen molar-refractivity contribution in [3.8, 4) is 5.88 Å². The summed E-state index contributed by atoms with van der Waals surface area (Å²) < 4.78 is 5.83. The van der Waals surface area contributed by atoms with Crippen LogP contribution in [0.2, 0.25) is 0 Å². The van der Waals surface area contributed by atoms with Crippen LogP contribution >= 0.6 is 24.0 Å². The number of hydrogen-bond donors (Lipinski definition) is 2. The van der Waals surface area contributed by atoms with Crippen LogP contribution in [0, 0.1) is 5.92 Å². The van der Waals surface area contributed by atoms with Crippen LogP contribution < -0.4 is 15.8 Å². The molecule has 0 spiro atoms. The molecule has 6 heteroatoms. The van der Waals surface area contributed by atoms with Gasteiger partial charge in [0.25, 0.3) is 0 Å². The predicted octanol–water partition coefficient (Wildman–Crippen LogP) is 3.33. The van der Waals surface area contributed by atoms with E-state index in [9.17, 15) is 0 Å². The summed E-state index contributed by atoms with van der Waals surface area (Å²) in [6, 6.07) is 4.12. The summed E-state index contributed by atoms with van der Waals surface area (Å²) in [7, 11) is 0. The van der Waals surface area contributed by atoms with Gasteiger partial charge in [0.15, 0.2) is 5.96 Å². The first kappa shape index (κ1) is 20.9. The number of nitrogens with zero attached hydrogens (tertiary/aromatic N) is 2. The molecule has 5 nitrogen and oxygen atoms in total. The van der Waals surface area contributed by atoms with E-state index in [1.165, 1.54) is 0 Å². The summed E-state index contributed by atoms with van der Waals surface area (Å²) in [6.45, 7) is 11.0. The average molecular weight is 420 g/mol. The maximum Gasteiger partial charge on any atom is 0.213 e. The Morgan fingerprint density at radius 1 is 1.32 bits per heavy atom. The third-order valence-corrected chi connectivity index (χ3v) is 2.79. The molecular weight excluding hydrogens is 391 g/mol. The number of nitrogens with two attached hydrogens (primary N) is 1. The van der Waals surface area contributed by atoms with Crippen LogP contribution in [0.1, 0.15) is 46.6 Å². The van der Waals surface area contributed by atoms with Crippen LogP contribution in [0.5, 0.6) is 5.88 Å². The van der Waals surface area contributed by atoms with Crippen molar-refractivity contribution < 1.29 is 4.74 Å². The van der Waals surface area contributed by atoms with Crippen molar-refractivity contribution in [3.05, 3.63) is 23.9 Å². The third-order valence-electron chi connectivity index (χ3n) is 2.79. The molecule has 0 bridgehead atoms. The summed E-state index contributed by atoms with van der Waals surface area (Å²) >= 11 is 0. The molecule has 0 fully saturated rings. The second-order valence-corrected chi connectivity index (χ2v) is 6.06. The number of guanidine groups is 1. The Balaban J connectivity index is 0.00000441. The van der Waals surface area contributed by atoms with Crippen LogP contribution in [0.3, 0.4) is 0 Å². The molecule has 0 saturated carbocycles. The van der Waals surface area contributed by atoms with Crippen molar-refractivity contribution in [1.82, 2.24) is 10.3 Å². The zero-order valence-electron chi connectivity index (χ0n) is 14.2. The molecule has 0 aliphatic rings. The summed E-state index contributed by atoms with van der Waals surface area (Å²) in [5.74, 6) is 1.71. The summed E-state index contributed by atoms with van der Waals surface area (Å²) in [5.41, 5.74) is 6.82. The quantitative estimate of drug-likeness (QED) is 0.403. The Kier molecular flexibility index (Phi) is 10.1. The molecule has 0 amide bonds. The Morgan fingerprint density at radius 3 is 2.59 bits per heavy atom. The highest BCUT2D eigenvalue weighted by atomic mass is 127. The van der Waals surface area contributed by atoms with E-state index >= 15 is 0 Å². The number of hydrogen-bond acceptors (Lipinski definition) is 3. The lowest BCUT2D eigenvalue weighted by molar-refractivity contribution is 0.185. The van der Waals surface area contributed by atoms with E-state index in [1.54, 1.807) is 6.20 Å². The normalized spacial score (nSPS) is 13.0. The smallest absolute Gasteiger partial charge is 0.213 e. The Morgan fingerprint density at radius 2 is 2.00 bits per heavy atom. The molecular formula is C16H29IN4O. The lowest BCUT2D eigenvalue weighted by Crippen LogP contribution is -2.36. The van der Waals surface area contributed by atoms with Gasteiger partial charge >= 0.3 is 0 Å². The van der Waals surface area contributed by atoms with E-state index in [-0.39, 0.29) is 36.1 Å². The number of pyridine rings is 1. The molecule has 126 valence electrons. The topological polar surface area (TPSA) is 72.5 Å². The molecule has 1 atom stereocenters. The van der Waals surface area contributed by atoms with Gasteiger partial charge in [-0.3, -0.25) is 0 Å². The molecule has 0 radical (unpaired) electrons. The third kappa shape index (κ3) is 9.07. The lowest BCUT2D eigenvalue weighted by atomic mass is 10.1. The molecule has 1 rings (SSSR count). The lowest BCUT2D eigenvalue weighted by Gasteiger charge is -2.16. The zero-order chi connectivity index (χ0) is 15.8. The maximum atomic E-state index is 5.83. The van der Waals surface area contributed by atoms with Crippen molar-refractivity contribution in [2.75, 3.05) is 0 Å². The van der Waals surface area contributed by atoms with E-state index in [1.807, 2.05) is 26.0 Å². The highest BCUT2D eigenvalue weighted by Crippen LogP contribution is 2.15. The largest absolute Gasteiger partial charge is 0.475 e. The number of aromatic nitrogens is 1. The van der Waals surface area contributed by atoms with E-state index < -0.39 is 0 Å². The predicted molar refractivity (Wildman–Crippen MR) is 103 cm³/mol. The van der Waals surface area contributed by atoms with E-state index in [0.29, 0.717) is 24.3 Å². The number of aliphatic imine (C=N–C) groups is 1. The van der Waals surface area contributed by atoms with Gasteiger partial charge in [-0.15, -0.1) is 24.0 Å². The average Bonchev–Trinajstić information content (AvgIpc) is 2.35. The van der Waals surface area contributed by atoms with Crippen LogP contribution in [0.4, 0.5) is 0 Å². The Bertz CT molecular complexity index is 463. The molecule has 0 aliphatic heterocycles. The SMILES string of the molecule is CC(C)CC(C)Oc1cc(CN=C(N)NC(C)C)ccn1.I.